The summed E-state index contributed by atoms with van der Waals surface area (Å²) in [6.07, 6.45) is -0.550. The molecular formula is C18H19F2N3O4S. The highest BCUT2D eigenvalue weighted by Crippen LogP contribution is 2.17. The topological polar surface area (TPSA) is 111 Å². The number of methoxy groups -OCH3 is 1. The molecule has 0 spiro atoms. The Bertz CT molecular complexity index is 855. The Kier molecular flexibility index (Phi) is 6.92. The Balaban J connectivity index is 2.11. The van der Waals surface area contributed by atoms with Crippen LogP contribution in [0.4, 0.5) is 8.78 Å². The van der Waals surface area contributed by atoms with Gasteiger partial charge >= 0.3 is 5.97 Å². The molecule has 2 aromatic rings. The van der Waals surface area contributed by atoms with E-state index in [9.17, 15) is 23.2 Å². The number of carbonyl (C=O) groups is 3. The van der Waals surface area contributed by atoms with Crippen molar-refractivity contribution < 1.29 is 27.9 Å². The van der Waals surface area contributed by atoms with Gasteiger partial charge in [-0.25, -0.2) is 18.6 Å². The number of benzene rings is 1. The van der Waals surface area contributed by atoms with Crippen LogP contribution < -0.4 is 11.1 Å². The van der Waals surface area contributed by atoms with E-state index in [2.05, 4.69) is 15.0 Å². The van der Waals surface area contributed by atoms with Gasteiger partial charge in [0.2, 0.25) is 5.91 Å². The number of ether oxygens (including phenoxy) is 1. The zero-order chi connectivity index (χ0) is 20.9. The van der Waals surface area contributed by atoms with Crippen molar-refractivity contribution >= 4 is 29.0 Å². The van der Waals surface area contributed by atoms with Crippen molar-refractivity contribution in [3.63, 3.8) is 0 Å². The van der Waals surface area contributed by atoms with Gasteiger partial charge in [-0.2, -0.15) is 0 Å². The molecule has 0 saturated carbocycles. The van der Waals surface area contributed by atoms with Gasteiger partial charge < -0.3 is 15.8 Å². The second kappa shape index (κ2) is 8.98. The lowest BCUT2D eigenvalue weighted by Crippen LogP contribution is -2.62. The first-order chi connectivity index (χ1) is 13.2. The van der Waals surface area contributed by atoms with Gasteiger partial charge in [0.1, 0.15) is 11.6 Å². The number of hydrogen-bond donors (Lipinski definition) is 2. The van der Waals surface area contributed by atoms with Crippen molar-refractivity contribution in [2.24, 2.45) is 5.73 Å². The third kappa shape index (κ3) is 5.17. The van der Waals surface area contributed by atoms with Gasteiger partial charge in [-0.1, -0.05) is 0 Å². The molecule has 150 valence electrons. The van der Waals surface area contributed by atoms with Gasteiger partial charge in [0, 0.05) is 17.9 Å². The van der Waals surface area contributed by atoms with E-state index in [0.29, 0.717) is 11.8 Å². The second-order valence-corrected chi connectivity index (χ2v) is 6.95. The van der Waals surface area contributed by atoms with Crippen LogP contribution in [-0.4, -0.2) is 41.3 Å². The number of amides is 1. The van der Waals surface area contributed by atoms with Crippen LogP contribution in [0.25, 0.3) is 0 Å². The first kappa shape index (κ1) is 21.6. The summed E-state index contributed by atoms with van der Waals surface area (Å²) >= 11 is 1.27. The van der Waals surface area contributed by atoms with E-state index >= 15 is 0 Å². The molecule has 1 amide bonds. The third-order valence-electron chi connectivity index (χ3n) is 3.99. The maximum atomic E-state index is 13.2. The van der Waals surface area contributed by atoms with Gasteiger partial charge in [-0.15, -0.1) is 11.3 Å². The fourth-order valence-electron chi connectivity index (χ4n) is 2.70. The zero-order valence-electron chi connectivity index (χ0n) is 15.2. The summed E-state index contributed by atoms with van der Waals surface area (Å²) in [7, 11) is 1.10. The number of Topliss-reactive ketones (excluding diaryl/α,β-unsaturated/α-hetero) is 1. The van der Waals surface area contributed by atoms with Gasteiger partial charge in [-0.05, 0) is 24.6 Å². The number of aromatic nitrogens is 1. The molecule has 7 nitrogen and oxygen atoms in total. The fraction of sp³-hybridized carbons (Fsp3) is 0.333. The molecule has 1 aromatic carbocycles. The first-order valence-corrected chi connectivity index (χ1v) is 9.13. The lowest BCUT2D eigenvalue weighted by Gasteiger charge is -2.27. The minimum Gasteiger partial charge on any atom is -0.467 e. The second-order valence-electron chi connectivity index (χ2n) is 6.23. The molecular weight excluding hydrogens is 392 g/mol. The molecule has 2 rings (SSSR count). The summed E-state index contributed by atoms with van der Waals surface area (Å²) < 4.78 is 31.1. The molecule has 10 heteroatoms. The van der Waals surface area contributed by atoms with Crippen molar-refractivity contribution in [2.75, 3.05) is 7.11 Å². The Morgan fingerprint density at radius 3 is 2.46 bits per heavy atom. The van der Waals surface area contributed by atoms with Crippen LogP contribution >= 0.6 is 11.3 Å². The average molecular weight is 411 g/mol. The number of nitrogens with two attached hydrogens (primary N) is 1. The molecule has 0 radical (unpaired) electrons. The molecule has 0 fully saturated rings. The van der Waals surface area contributed by atoms with Crippen molar-refractivity contribution in [3.05, 3.63) is 52.0 Å². The van der Waals surface area contributed by atoms with Crippen LogP contribution in [0.2, 0.25) is 0 Å². The van der Waals surface area contributed by atoms with Crippen LogP contribution in [0, 0.1) is 11.6 Å². The Hall–Kier alpha value is -2.72. The Morgan fingerprint density at radius 2 is 1.93 bits per heavy atom. The zero-order valence-corrected chi connectivity index (χ0v) is 16.0. The van der Waals surface area contributed by atoms with Crippen LogP contribution in [0.5, 0.6) is 0 Å². The molecule has 0 aliphatic carbocycles. The Morgan fingerprint density at radius 1 is 1.29 bits per heavy atom. The summed E-state index contributed by atoms with van der Waals surface area (Å²) in [6.45, 7) is 1.36. The maximum absolute atomic E-state index is 13.2. The summed E-state index contributed by atoms with van der Waals surface area (Å²) in [5, 5.41) is 4.03. The van der Waals surface area contributed by atoms with Gasteiger partial charge in [0.05, 0.1) is 30.8 Å². The molecule has 0 aliphatic heterocycles. The number of esters is 1. The molecule has 0 bridgehead atoms. The molecule has 1 aromatic heterocycles. The van der Waals surface area contributed by atoms with Gasteiger partial charge in [-0.3, -0.25) is 9.59 Å². The minimum absolute atomic E-state index is 0.101. The molecule has 3 N–H and O–H groups in total. The number of ketones is 1. The number of carbonyl (C=O) groups excluding carboxylic acids is 3. The monoisotopic (exact) mass is 411 g/mol. The largest absolute Gasteiger partial charge is 0.467 e. The number of halogens is 2. The van der Waals surface area contributed by atoms with E-state index in [1.807, 2.05) is 0 Å². The lowest BCUT2D eigenvalue weighted by atomic mass is 9.86. The van der Waals surface area contributed by atoms with Crippen LogP contribution in [0.15, 0.2) is 29.1 Å². The number of nitrogens with zero attached hydrogens (tertiary/aromatic N) is 1. The standard InChI is InChI=1S/C18H19F2N3O4S/c1-10(23-15(24)5-11-3-12(19)6-13(20)4-11)16(25)18(21,17(26)27-2)7-14-8-28-9-22-14/h3-4,6,8-10H,5,7,21H2,1-2H3,(H,23,24)/t10-,18-/m0/s1. The lowest BCUT2D eigenvalue weighted by molar-refractivity contribution is -0.152. The van der Waals surface area contributed by atoms with Gasteiger partial charge in [0.25, 0.3) is 0 Å². The van der Waals surface area contributed by atoms with Gasteiger partial charge in [0.15, 0.2) is 11.3 Å². The van der Waals surface area contributed by atoms with E-state index in [1.165, 1.54) is 23.8 Å². The van der Waals surface area contributed by atoms with E-state index in [0.717, 1.165) is 19.2 Å². The first-order valence-electron chi connectivity index (χ1n) is 8.18. The highest BCUT2D eigenvalue weighted by Gasteiger charge is 2.46. The molecule has 0 unspecified atom stereocenters. The molecule has 0 aliphatic rings. The number of thiazole rings is 1. The van der Waals surface area contributed by atoms with Crippen LogP contribution in [0.1, 0.15) is 18.2 Å². The quantitative estimate of drug-likeness (QED) is 0.498. The summed E-state index contributed by atoms with van der Waals surface area (Å²) in [5.74, 6) is -4.03. The maximum Gasteiger partial charge on any atom is 0.334 e. The summed E-state index contributed by atoms with van der Waals surface area (Å²) in [4.78, 5) is 41.1. The number of nitrogens with one attached hydrogen (secondary N) is 1. The average Bonchev–Trinajstić information content (AvgIpc) is 3.11. The minimum atomic E-state index is -2.04. The Labute approximate surface area is 163 Å². The molecule has 28 heavy (non-hydrogen) atoms. The predicted molar refractivity (Wildman–Crippen MR) is 97.4 cm³/mol. The van der Waals surface area contributed by atoms with Crippen molar-refractivity contribution in [1.29, 1.82) is 0 Å². The number of rotatable bonds is 8. The predicted octanol–water partition coefficient (Wildman–Crippen LogP) is 1.15. The smallest absolute Gasteiger partial charge is 0.334 e. The fourth-order valence-corrected chi connectivity index (χ4v) is 3.25. The highest BCUT2D eigenvalue weighted by molar-refractivity contribution is 7.07. The van der Waals surface area contributed by atoms with E-state index in [4.69, 9.17) is 5.73 Å². The summed E-state index contributed by atoms with van der Waals surface area (Å²) in [5.41, 5.74) is 6.06. The van der Waals surface area contributed by atoms with Crippen LogP contribution in [0.3, 0.4) is 0 Å². The van der Waals surface area contributed by atoms with Crippen LogP contribution in [-0.2, 0) is 32.0 Å². The molecule has 0 saturated heterocycles. The third-order valence-corrected chi connectivity index (χ3v) is 4.63. The van der Waals surface area contributed by atoms with Crippen molar-refractivity contribution in [1.82, 2.24) is 10.3 Å². The number of hydrogen-bond acceptors (Lipinski definition) is 7. The van der Waals surface area contributed by atoms with Crippen molar-refractivity contribution in [2.45, 2.75) is 31.3 Å². The van der Waals surface area contributed by atoms with E-state index in [1.54, 1.807) is 5.38 Å². The molecule has 2 atom stereocenters. The molecule has 1 heterocycles. The van der Waals surface area contributed by atoms with Crippen molar-refractivity contribution in [3.8, 4) is 0 Å². The SMILES string of the molecule is COC(=O)[C@](N)(Cc1cscn1)C(=O)[C@H](C)NC(=O)Cc1cc(F)cc(F)c1. The van der Waals surface area contributed by atoms with E-state index in [-0.39, 0.29) is 18.4 Å². The van der Waals surface area contributed by atoms with E-state index < -0.39 is 40.9 Å². The normalized spacial score (nSPS) is 14.0. The highest BCUT2D eigenvalue weighted by atomic mass is 32.1. The summed E-state index contributed by atoms with van der Waals surface area (Å²) in [6, 6.07) is 1.57.